The van der Waals surface area contributed by atoms with Crippen LogP contribution in [-0.2, 0) is 11.8 Å². The Balaban J connectivity index is 0.00000218. The Morgan fingerprint density at radius 3 is 2.70 bits per heavy atom. The molecule has 1 aliphatic heterocycles. The molecular formula is C26H40ClNO2. The second kappa shape index (κ2) is 9.00. The maximum atomic E-state index is 10.9. The summed E-state index contributed by atoms with van der Waals surface area (Å²) in [5.41, 5.74) is 3.91. The summed E-state index contributed by atoms with van der Waals surface area (Å²) in [5.74, 6) is 2.02. The van der Waals surface area contributed by atoms with Crippen molar-refractivity contribution >= 4 is 12.4 Å². The molecular weight excluding hydrogens is 394 g/mol. The minimum atomic E-state index is -0.534. The van der Waals surface area contributed by atoms with Gasteiger partial charge in [-0.15, -0.1) is 12.4 Å². The third-order valence-electron chi connectivity index (χ3n) is 9.00. The number of aromatic hydroxyl groups is 1. The monoisotopic (exact) mass is 433 g/mol. The van der Waals surface area contributed by atoms with Crippen molar-refractivity contribution in [3.05, 3.63) is 28.8 Å². The Kier molecular flexibility index (Phi) is 6.73. The number of likely N-dealkylation sites (tertiary alicyclic amines) is 1. The molecule has 3 fully saturated rings. The van der Waals surface area contributed by atoms with Crippen LogP contribution in [0.25, 0.3) is 0 Å². The lowest BCUT2D eigenvalue weighted by Crippen LogP contribution is -2.61. The van der Waals surface area contributed by atoms with Gasteiger partial charge in [-0.1, -0.05) is 39.0 Å². The van der Waals surface area contributed by atoms with E-state index in [1.807, 2.05) is 0 Å². The average molecular weight is 434 g/mol. The van der Waals surface area contributed by atoms with Gasteiger partial charge < -0.3 is 10.2 Å². The minimum absolute atomic E-state index is 0. The quantitative estimate of drug-likeness (QED) is 0.587. The Hall–Kier alpha value is -0.770. The van der Waals surface area contributed by atoms with Crippen molar-refractivity contribution in [3.8, 4) is 5.75 Å². The molecule has 0 radical (unpaired) electrons. The smallest absolute Gasteiger partial charge is 0.121 e. The lowest BCUT2D eigenvalue weighted by Gasteiger charge is -2.59. The minimum Gasteiger partial charge on any atom is -0.508 e. The van der Waals surface area contributed by atoms with Gasteiger partial charge in [0.1, 0.15) is 5.75 Å². The van der Waals surface area contributed by atoms with Crippen LogP contribution in [0.3, 0.4) is 0 Å². The van der Waals surface area contributed by atoms with E-state index >= 15 is 0 Å². The van der Waals surface area contributed by atoms with E-state index in [1.54, 1.807) is 0 Å². The first kappa shape index (κ1) is 22.4. The van der Waals surface area contributed by atoms with E-state index in [2.05, 4.69) is 24.0 Å². The zero-order valence-electron chi connectivity index (χ0n) is 18.6. The first-order valence-corrected chi connectivity index (χ1v) is 12.4. The molecule has 1 unspecified atom stereocenters. The number of aliphatic hydroxyl groups excluding tert-OH is 1. The molecule has 2 bridgehead atoms. The number of fused-ring (bicyclic) bond motifs is 1. The Morgan fingerprint density at radius 2 is 1.97 bits per heavy atom. The van der Waals surface area contributed by atoms with Gasteiger partial charge in [0.25, 0.3) is 0 Å². The summed E-state index contributed by atoms with van der Waals surface area (Å²) in [6.07, 6.45) is 14.3. The molecule has 0 amide bonds. The van der Waals surface area contributed by atoms with Crippen LogP contribution in [0.15, 0.2) is 12.1 Å². The number of aliphatic hydroxyl groups is 1. The van der Waals surface area contributed by atoms with Gasteiger partial charge in [-0.3, -0.25) is 4.90 Å². The molecule has 1 aromatic carbocycles. The normalized spacial score (nSPS) is 31.8. The summed E-state index contributed by atoms with van der Waals surface area (Å²) in [4.78, 5) is 2.85. The first-order chi connectivity index (χ1) is 14.1. The van der Waals surface area contributed by atoms with E-state index in [0.717, 1.165) is 43.1 Å². The standard InChI is InChI=1S/C26H39NO2.ClH/c1-2-3-10-24(28)20-14-19-15-23-21-9-4-5-11-26(21,22(19)16-25(20)29)12-13-27(23)17-18-7-6-8-18;/h14,16,18,21,23-24,28-29H,2-13,15,17H2,1H3;1H/t21-,23+,24?,26+;/m0./s1. The largest absolute Gasteiger partial charge is 0.508 e. The summed E-state index contributed by atoms with van der Waals surface area (Å²) < 4.78 is 0. The molecule has 0 aromatic heterocycles. The predicted molar refractivity (Wildman–Crippen MR) is 124 cm³/mol. The SMILES string of the molecule is CCCCC(O)c1cc2c(cc1O)[C@@]13CCCC[C@H]1[C@@H](C2)N(CC1CCC1)CC3.Cl. The number of hydrogen-bond acceptors (Lipinski definition) is 3. The highest BCUT2D eigenvalue weighted by Crippen LogP contribution is 2.57. The van der Waals surface area contributed by atoms with Gasteiger partial charge in [0.05, 0.1) is 6.10 Å². The van der Waals surface area contributed by atoms with Crippen LogP contribution in [0.1, 0.15) is 100 Å². The fourth-order valence-corrected chi connectivity index (χ4v) is 7.20. The molecule has 2 N–H and O–H groups in total. The molecule has 3 nitrogen and oxygen atoms in total. The number of hydrogen-bond donors (Lipinski definition) is 2. The maximum absolute atomic E-state index is 10.9. The summed E-state index contributed by atoms with van der Waals surface area (Å²) in [7, 11) is 0. The van der Waals surface area contributed by atoms with Crippen LogP contribution in [0, 0.1) is 11.8 Å². The summed E-state index contributed by atoms with van der Waals surface area (Å²) in [6, 6.07) is 4.94. The number of piperidine rings is 1. The Morgan fingerprint density at radius 1 is 1.13 bits per heavy atom. The lowest BCUT2D eigenvalue weighted by atomic mass is 9.52. The second-order valence-corrected chi connectivity index (χ2v) is 10.5. The van der Waals surface area contributed by atoms with Crippen molar-refractivity contribution < 1.29 is 10.2 Å². The number of unbranched alkanes of at least 4 members (excludes halogenated alkanes) is 1. The molecule has 5 rings (SSSR count). The van der Waals surface area contributed by atoms with Crippen LogP contribution in [0.4, 0.5) is 0 Å². The van der Waals surface area contributed by atoms with E-state index in [0.29, 0.717) is 11.8 Å². The molecule has 1 saturated heterocycles. The van der Waals surface area contributed by atoms with Gasteiger partial charge in [0, 0.05) is 23.6 Å². The van der Waals surface area contributed by atoms with E-state index in [9.17, 15) is 10.2 Å². The first-order valence-electron chi connectivity index (χ1n) is 12.4. The fourth-order valence-electron chi connectivity index (χ4n) is 7.20. The van der Waals surface area contributed by atoms with Crippen molar-refractivity contribution in [1.29, 1.82) is 0 Å². The second-order valence-electron chi connectivity index (χ2n) is 10.5. The van der Waals surface area contributed by atoms with Crippen molar-refractivity contribution in [3.63, 3.8) is 0 Å². The average Bonchev–Trinajstić information content (AvgIpc) is 2.70. The maximum Gasteiger partial charge on any atom is 0.121 e. The predicted octanol–water partition coefficient (Wildman–Crippen LogP) is 5.90. The van der Waals surface area contributed by atoms with Gasteiger partial charge in [0.15, 0.2) is 0 Å². The molecule has 4 aliphatic rings. The molecule has 4 atom stereocenters. The van der Waals surface area contributed by atoms with Crippen molar-refractivity contribution in [1.82, 2.24) is 4.90 Å². The van der Waals surface area contributed by atoms with E-state index in [4.69, 9.17) is 0 Å². The molecule has 1 aromatic rings. The number of phenolic OH excluding ortho intramolecular Hbond substituents is 1. The van der Waals surface area contributed by atoms with Crippen LogP contribution in [0.2, 0.25) is 0 Å². The van der Waals surface area contributed by atoms with Gasteiger partial charge in [-0.05, 0) is 86.6 Å². The number of nitrogens with zero attached hydrogens (tertiary/aromatic N) is 1. The molecule has 2 saturated carbocycles. The lowest BCUT2D eigenvalue weighted by molar-refractivity contribution is -0.0241. The van der Waals surface area contributed by atoms with E-state index in [1.165, 1.54) is 75.6 Å². The number of benzene rings is 1. The zero-order valence-corrected chi connectivity index (χ0v) is 19.4. The molecule has 3 aliphatic carbocycles. The van der Waals surface area contributed by atoms with Gasteiger partial charge >= 0.3 is 0 Å². The van der Waals surface area contributed by atoms with E-state index < -0.39 is 6.10 Å². The van der Waals surface area contributed by atoms with Crippen molar-refractivity contribution in [2.45, 2.75) is 102 Å². The number of phenols is 1. The topological polar surface area (TPSA) is 43.7 Å². The highest BCUT2D eigenvalue weighted by atomic mass is 35.5. The van der Waals surface area contributed by atoms with Gasteiger partial charge in [-0.25, -0.2) is 0 Å². The highest BCUT2D eigenvalue weighted by Gasteiger charge is 2.54. The van der Waals surface area contributed by atoms with Gasteiger partial charge in [0.2, 0.25) is 0 Å². The zero-order chi connectivity index (χ0) is 20.0. The fraction of sp³-hybridized carbons (Fsp3) is 0.769. The van der Waals surface area contributed by atoms with Crippen LogP contribution >= 0.6 is 12.4 Å². The molecule has 168 valence electrons. The van der Waals surface area contributed by atoms with Crippen molar-refractivity contribution in [2.75, 3.05) is 13.1 Å². The van der Waals surface area contributed by atoms with Crippen molar-refractivity contribution in [2.24, 2.45) is 11.8 Å². The summed E-state index contributed by atoms with van der Waals surface area (Å²) >= 11 is 0. The number of halogens is 1. The third-order valence-corrected chi connectivity index (χ3v) is 9.00. The molecule has 4 heteroatoms. The van der Waals surface area contributed by atoms with E-state index in [-0.39, 0.29) is 17.8 Å². The van der Waals surface area contributed by atoms with Crippen LogP contribution < -0.4 is 0 Å². The number of rotatable bonds is 6. The third kappa shape index (κ3) is 3.69. The summed E-state index contributed by atoms with van der Waals surface area (Å²) in [6.45, 7) is 4.69. The van der Waals surface area contributed by atoms with Gasteiger partial charge in [-0.2, -0.15) is 0 Å². The molecule has 0 spiro atoms. The Labute approximate surface area is 188 Å². The summed E-state index contributed by atoms with van der Waals surface area (Å²) in [5, 5.41) is 21.6. The highest BCUT2D eigenvalue weighted by molar-refractivity contribution is 5.85. The molecule has 1 heterocycles. The van der Waals surface area contributed by atoms with Crippen LogP contribution in [0.5, 0.6) is 5.75 Å². The van der Waals surface area contributed by atoms with Crippen LogP contribution in [-0.4, -0.2) is 34.2 Å². The molecule has 30 heavy (non-hydrogen) atoms. The Bertz CT molecular complexity index is 749.